The number of carbonyl (C=O) groups is 2. The average molecular weight is 803 g/mol. The molecule has 1 saturated heterocycles. The van der Waals surface area contributed by atoms with Gasteiger partial charge in [-0.1, -0.05) is 27.4 Å². The molecule has 0 aromatic rings. The fourth-order valence-electron chi connectivity index (χ4n) is 9.81. The molecule has 4 saturated carbocycles. The molecular weight excluding hydrogens is 759 g/mol. The Labute approximate surface area is 377 Å². The molecule has 5 fully saturated rings. The van der Waals surface area contributed by atoms with E-state index in [4.69, 9.17) is 14.2 Å². The smallest absolute Gasteiger partial charge is 0.726 e. The number of carbonyl (C=O) groups excluding carboxylic acids is 1. The summed E-state index contributed by atoms with van der Waals surface area (Å²) in [5.74, 6) is -3.38. The van der Waals surface area contributed by atoms with Crippen LogP contribution in [0.5, 0.6) is 0 Å². The summed E-state index contributed by atoms with van der Waals surface area (Å²) in [4.78, 5) is 25.6. The second kappa shape index (κ2) is 17.4. The zero-order chi connectivity index (χ0) is 35.6. The van der Waals surface area contributed by atoms with E-state index >= 15 is 0 Å². The van der Waals surface area contributed by atoms with Crippen molar-refractivity contribution in [2.45, 2.75) is 115 Å². The van der Waals surface area contributed by atoms with Crippen molar-refractivity contribution < 1.29 is 176 Å². The maximum Gasteiger partial charge on any atom is 1.00 e. The normalized spacial score (nSPS) is 41.3. The van der Waals surface area contributed by atoms with Crippen molar-refractivity contribution in [1.29, 1.82) is 0 Å². The zero-order valence-electron chi connectivity index (χ0n) is 29.0. The standard InChI is InChI=1S/C30H46O16S2.2K/c1-14(2)9-22(32)44-25-24(46-48(39,40)41)23(45-47(36,37)38)20(13-31)43-28(25)42-17-10-18(27(34)35)19-7-8-30-11-16(15(3)26(30)33)5-6-21(30)29(19,4)12-17;;/h14,16-21,23-26,28,31,33H,3,5-13H2,1-2,4H3,(H,34,35)(H,36,37,38)(H,39,40,41);;/q;2*+1/p-2/t16-,17-,18-,19?,20-,21?,23-,24+,25-,26+,28-,29-,30-;;/m1../s1. The number of hydrogen-bond donors (Lipinski definition) is 3. The molecule has 0 aromatic carbocycles. The minimum Gasteiger partial charge on any atom is -0.726 e. The third-order valence-corrected chi connectivity index (χ3v) is 12.4. The second-order valence-corrected chi connectivity index (χ2v) is 16.8. The van der Waals surface area contributed by atoms with Crippen molar-refractivity contribution in [1.82, 2.24) is 0 Å². The first-order valence-corrected chi connectivity index (χ1v) is 18.8. The van der Waals surface area contributed by atoms with Gasteiger partial charge in [0, 0.05) is 11.8 Å². The third kappa shape index (κ3) is 9.55. The summed E-state index contributed by atoms with van der Waals surface area (Å²) in [5.41, 5.74) is -0.359. The maximum absolute atomic E-state index is 12.9. The van der Waals surface area contributed by atoms with Gasteiger partial charge in [-0.05, 0) is 79.6 Å². The Morgan fingerprint density at radius 1 is 1.02 bits per heavy atom. The number of esters is 1. The van der Waals surface area contributed by atoms with Gasteiger partial charge in [-0.2, -0.15) is 0 Å². The van der Waals surface area contributed by atoms with E-state index in [1.165, 1.54) is 0 Å². The van der Waals surface area contributed by atoms with Crippen LogP contribution in [0.15, 0.2) is 12.2 Å². The molecule has 16 nitrogen and oxygen atoms in total. The predicted molar refractivity (Wildman–Crippen MR) is 159 cm³/mol. The van der Waals surface area contributed by atoms with E-state index in [0.29, 0.717) is 12.8 Å². The van der Waals surface area contributed by atoms with Crippen molar-refractivity contribution in [2.75, 3.05) is 6.61 Å². The van der Waals surface area contributed by atoms with Crippen molar-refractivity contribution in [3.63, 3.8) is 0 Å². The molecule has 0 amide bonds. The first-order chi connectivity index (χ1) is 22.2. The molecule has 50 heavy (non-hydrogen) atoms. The van der Waals surface area contributed by atoms with Gasteiger partial charge in [-0.25, -0.2) is 16.8 Å². The minimum atomic E-state index is -5.69. The summed E-state index contributed by atoms with van der Waals surface area (Å²) in [6, 6.07) is 0. The van der Waals surface area contributed by atoms with Crippen molar-refractivity contribution in [3.8, 4) is 0 Å². The van der Waals surface area contributed by atoms with Gasteiger partial charge in [0.1, 0.15) is 18.3 Å². The number of aliphatic hydroxyl groups excluding tert-OH is 2. The monoisotopic (exact) mass is 802 g/mol. The predicted octanol–water partition coefficient (Wildman–Crippen LogP) is -5.01. The molecule has 2 bridgehead atoms. The van der Waals surface area contributed by atoms with Crippen LogP contribution in [0.2, 0.25) is 0 Å². The van der Waals surface area contributed by atoms with E-state index in [0.717, 1.165) is 24.8 Å². The Hall–Kier alpha value is 1.53. The number of ether oxygens (including phenoxy) is 3. The molecule has 20 heteroatoms. The number of aliphatic hydroxyl groups is 2. The Morgan fingerprint density at radius 3 is 2.20 bits per heavy atom. The number of aliphatic carboxylic acids is 1. The molecule has 3 N–H and O–H groups in total. The summed E-state index contributed by atoms with van der Waals surface area (Å²) >= 11 is 0. The molecule has 0 radical (unpaired) electrons. The summed E-state index contributed by atoms with van der Waals surface area (Å²) in [5, 5.41) is 31.9. The average Bonchev–Trinajstić information content (AvgIpc) is 3.12. The Bertz CT molecular complexity index is 1490. The van der Waals surface area contributed by atoms with Gasteiger partial charge < -0.3 is 38.6 Å². The maximum atomic E-state index is 12.9. The van der Waals surface area contributed by atoms with Crippen molar-refractivity contribution in [2.24, 2.45) is 40.4 Å². The summed E-state index contributed by atoms with van der Waals surface area (Å²) in [6.07, 6.45) is -8.49. The van der Waals surface area contributed by atoms with Crippen LogP contribution in [0.1, 0.15) is 72.1 Å². The number of hydrogen-bond acceptors (Lipinski definition) is 15. The Kier molecular flexibility index (Phi) is 15.9. The largest absolute Gasteiger partial charge is 1.00 e. The van der Waals surface area contributed by atoms with Crippen LogP contribution >= 0.6 is 0 Å². The van der Waals surface area contributed by atoms with Gasteiger partial charge in [-0.15, -0.1) is 0 Å². The number of carboxylic acids is 1. The zero-order valence-corrected chi connectivity index (χ0v) is 36.8. The van der Waals surface area contributed by atoms with Crippen LogP contribution in [-0.2, 0) is 53.0 Å². The van der Waals surface area contributed by atoms with Crippen LogP contribution in [0, 0.1) is 40.4 Å². The van der Waals surface area contributed by atoms with Gasteiger partial charge in [0.25, 0.3) is 0 Å². The van der Waals surface area contributed by atoms with Gasteiger partial charge in [0.15, 0.2) is 12.4 Å². The fourth-order valence-corrected chi connectivity index (χ4v) is 10.8. The summed E-state index contributed by atoms with van der Waals surface area (Å²) < 4.78 is 96.9. The first kappa shape index (κ1) is 45.9. The topological polar surface area (TPSA) is 255 Å². The molecule has 4 aliphatic carbocycles. The van der Waals surface area contributed by atoms with E-state index < -0.39 is 99.0 Å². The number of rotatable bonds is 11. The summed E-state index contributed by atoms with van der Waals surface area (Å²) in [7, 11) is -11.3. The van der Waals surface area contributed by atoms with E-state index in [2.05, 4.69) is 14.9 Å². The third-order valence-electron chi connectivity index (χ3n) is 11.5. The van der Waals surface area contributed by atoms with E-state index in [9.17, 15) is 50.8 Å². The second-order valence-electron chi connectivity index (χ2n) is 14.8. The molecular formula is C30H44K2O16S2. The molecule has 5 rings (SSSR count). The van der Waals surface area contributed by atoms with E-state index in [1.807, 2.05) is 6.92 Å². The van der Waals surface area contributed by atoms with E-state index in [1.54, 1.807) is 13.8 Å². The fraction of sp³-hybridized carbons (Fsp3) is 0.867. The van der Waals surface area contributed by atoms with Gasteiger partial charge in [0.05, 0.1) is 24.7 Å². The SMILES string of the molecule is C=C1[C@@H]2CCC3[C@]4(C)C[C@H](O[C@@H]5O[C@H](CO)[C@@H](OS(=O)(=O)[O-])[C@H](OS(=O)(=O)[O-])[C@H]5OC(=O)CC(C)C)C[C@@H](C(=O)O)C4CC[C@]3(C2)[C@H]1O.[K+].[K+]. The Morgan fingerprint density at radius 2 is 1.64 bits per heavy atom. The molecule has 0 aromatic heterocycles. The van der Waals surface area contributed by atoms with Crippen LogP contribution < -0.4 is 103 Å². The van der Waals surface area contributed by atoms with Gasteiger partial charge in [-0.3, -0.25) is 18.0 Å². The molecule has 1 heterocycles. The molecule has 1 spiro atoms. The van der Waals surface area contributed by atoms with Crippen molar-refractivity contribution >= 4 is 32.7 Å². The van der Waals surface area contributed by atoms with E-state index in [-0.39, 0.29) is 146 Å². The molecule has 2 unspecified atom stereocenters. The van der Waals surface area contributed by atoms with Crippen LogP contribution in [0.25, 0.3) is 0 Å². The molecule has 13 atom stereocenters. The van der Waals surface area contributed by atoms with Crippen LogP contribution in [0.4, 0.5) is 0 Å². The number of carboxylic acid groups (broad SMARTS) is 1. The molecule has 1 aliphatic heterocycles. The quantitative estimate of drug-likeness (QED) is 0.0442. The summed E-state index contributed by atoms with van der Waals surface area (Å²) in [6.45, 7) is 8.41. The first-order valence-electron chi connectivity index (χ1n) is 16.2. The minimum absolute atomic E-state index is 0. The number of fused-ring (bicyclic) bond motifs is 3. The van der Waals surface area contributed by atoms with Crippen LogP contribution in [-0.4, -0.2) is 103 Å². The Balaban J connectivity index is 0.00000338. The van der Waals surface area contributed by atoms with Crippen molar-refractivity contribution in [3.05, 3.63) is 12.2 Å². The molecule has 274 valence electrons. The molecule has 5 aliphatic rings. The van der Waals surface area contributed by atoms with Gasteiger partial charge in [0.2, 0.25) is 20.8 Å². The van der Waals surface area contributed by atoms with Gasteiger partial charge >= 0.3 is 115 Å². The van der Waals surface area contributed by atoms with Crippen LogP contribution in [0.3, 0.4) is 0 Å².